The molecular formula is C36H36Cl2N8O2. The summed E-state index contributed by atoms with van der Waals surface area (Å²) in [5.41, 5.74) is 4.91. The molecule has 10 nitrogen and oxygen atoms in total. The summed E-state index contributed by atoms with van der Waals surface area (Å²) >= 11 is 13.8. The number of carbonyl (C=O) groups is 1. The molecule has 0 unspecified atom stereocenters. The zero-order chi connectivity index (χ0) is 33.6. The molecule has 3 aromatic carbocycles. The summed E-state index contributed by atoms with van der Waals surface area (Å²) < 4.78 is 0. The van der Waals surface area contributed by atoms with Gasteiger partial charge in [0.05, 0.1) is 17.9 Å². The van der Waals surface area contributed by atoms with Crippen molar-refractivity contribution in [3.63, 3.8) is 0 Å². The Morgan fingerprint density at radius 2 is 1.85 bits per heavy atom. The molecule has 4 heterocycles. The average molecular weight is 684 g/mol. The number of halogens is 2. The highest BCUT2D eigenvalue weighted by Crippen LogP contribution is 2.58. The average Bonchev–Trinajstić information content (AvgIpc) is 3.77. The first-order valence-corrected chi connectivity index (χ1v) is 16.6. The molecule has 0 aliphatic carbocycles. The Bertz CT molecular complexity index is 1930. The number of fused-ring (bicyclic) bond motifs is 2. The molecule has 0 bridgehead atoms. The van der Waals surface area contributed by atoms with Crippen LogP contribution < -0.4 is 15.5 Å². The van der Waals surface area contributed by atoms with Crippen molar-refractivity contribution in [2.24, 2.45) is 5.41 Å². The van der Waals surface area contributed by atoms with Crippen molar-refractivity contribution in [2.45, 2.75) is 57.2 Å². The van der Waals surface area contributed by atoms with Crippen LogP contribution in [-0.4, -0.2) is 55.3 Å². The van der Waals surface area contributed by atoms with E-state index in [1.54, 1.807) is 6.07 Å². The number of rotatable bonds is 7. The Labute approximate surface area is 288 Å². The van der Waals surface area contributed by atoms with Gasteiger partial charge >= 0.3 is 0 Å². The lowest BCUT2D eigenvalue weighted by atomic mass is 9.63. The molecule has 1 saturated heterocycles. The van der Waals surface area contributed by atoms with Crippen LogP contribution in [0, 0.1) is 5.41 Å². The summed E-state index contributed by atoms with van der Waals surface area (Å²) in [6.07, 6.45) is 2.24. The van der Waals surface area contributed by atoms with Gasteiger partial charge in [-0.05, 0) is 69.3 Å². The Morgan fingerprint density at radius 1 is 1.06 bits per heavy atom. The van der Waals surface area contributed by atoms with Crippen molar-refractivity contribution in [1.82, 2.24) is 30.9 Å². The fourth-order valence-corrected chi connectivity index (χ4v) is 7.96. The van der Waals surface area contributed by atoms with Gasteiger partial charge in [0.15, 0.2) is 5.82 Å². The summed E-state index contributed by atoms with van der Waals surface area (Å²) in [6, 6.07) is 24.4. The first-order valence-electron chi connectivity index (χ1n) is 15.9. The van der Waals surface area contributed by atoms with Crippen LogP contribution in [0.25, 0.3) is 11.4 Å². The van der Waals surface area contributed by atoms with Crippen LogP contribution in [0.4, 0.5) is 11.4 Å². The molecule has 0 radical (unpaired) electrons. The van der Waals surface area contributed by atoms with Gasteiger partial charge in [-0.3, -0.25) is 4.79 Å². The molecule has 246 valence electrons. The predicted octanol–water partition coefficient (Wildman–Crippen LogP) is 6.73. The zero-order valence-corrected chi connectivity index (χ0v) is 28.3. The summed E-state index contributed by atoms with van der Waals surface area (Å²) in [4.78, 5) is 20.7. The number of tetrazole rings is 1. The largest absolute Gasteiger partial charge is 0.493 e. The lowest BCUT2D eigenvalue weighted by Gasteiger charge is -2.40. The third-order valence-electron chi connectivity index (χ3n) is 9.44. The van der Waals surface area contributed by atoms with Crippen LogP contribution in [-0.2, 0) is 16.8 Å². The topological polar surface area (TPSA) is 132 Å². The number of benzene rings is 3. The Hall–Kier alpha value is -4.51. The Balaban J connectivity index is 1.34. The van der Waals surface area contributed by atoms with E-state index in [1.807, 2.05) is 42.5 Å². The second-order valence-electron chi connectivity index (χ2n) is 13.9. The minimum Gasteiger partial charge on any atom is -0.493 e. The maximum atomic E-state index is 14.4. The molecule has 4 N–H and O–H groups in total. The highest BCUT2D eigenvalue weighted by Gasteiger charge is 2.62. The smallest absolute Gasteiger partial charge is 0.242 e. The normalized spacial score (nSPS) is 21.9. The molecule has 1 fully saturated rings. The third-order valence-corrected chi connectivity index (χ3v) is 10.0. The number of aromatic amines is 1. The summed E-state index contributed by atoms with van der Waals surface area (Å²) in [5, 5.41) is 32.1. The van der Waals surface area contributed by atoms with E-state index in [0.29, 0.717) is 34.6 Å². The van der Waals surface area contributed by atoms with E-state index in [0.717, 1.165) is 34.4 Å². The maximum absolute atomic E-state index is 14.4. The molecular weight excluding hydrogens is 647 g/mol. The molecule has 1 amide bonds. The predicted molar refractivity (Wildman–Crippen MR) is 187 cm³/mol. The first-order chi connectivity index (χ1) is 23.0. The van der Waals surface area contributed by atoms with E-state index in [4.69, 9.17) is 23.2 Å². The minimum atomic E-state index is -0.646. The molecule has 7 rings (SSSR count). The van der Waals surface area contributed by atoms with Gasteiger partial charge in [-0.1, -0.05) is 86.4 Å². The Morgan fingerprint density at radius 3 is 2.54 bits per heavy atom. The lowest BCUT2D eigenvalue weighted by Crippen LogP contribution is -2.48. The summed E-state index contributed by atoms with van der Waals surface area (Å²) in [5.74, 6) is -0.0668. The van der Waals surface area contributed by atoms with Gasteiger partial charge in [0.1, 0.15) is 0 Å². The monoisotopic (exact) mass is 682 g/mol. The van der Waals surface area contributed by atoms with Crippen LogP contribution in [0.15, 0.2) is 85.1 Å². The van der Waals surface area contributed by atoms with Crippen molar-refractivity contribution < 1.29 is 9.90 Å². The van der Waals surface area contributed by atoms with Gasteiger partial charge in [-0.25, -0.2) is 10.1 Å². The van der Waals surface area contributed by atoms with E-state index in [9.17, 15) is 9.90 Å². The van der Waals surface area contributed by atoms with Crippen LogP contribution in [0.5, 0.6) is 5.88 Å². The highest BCUT2D eigenvalue weighted by atomic mass is 35.5. The molecule has 2 aromatic heterocycles. The molecule has 48 heavy (non-hydrogen) atoms. The number of aromatic hydroxyl groups is 1. The fourth-order valence-electron chi connectivity index (χ4n) is 7.54. The number of nitrogens with one attached hydrogen (secondary N) is 3. The maximum Gasteiger partial charge on any atom is 0.242 e. The molecule has 1 spiro atoms. The van der Waals surface area contributed by atoms with Gasteiger partial charge < -0.3 is 20.6 Å². The molecule has 2 aliphatic rings. The number of hydrogen-bond donors (Lipinski definition) is 4. The molecule has 4 atom stereocenters. The van der Waals surface area contributed by atoms with Crippen molar-refractivity contribution >= 4 is 40.5 Å². The van der Waals surface area contributed by atoms with E-state index >= 15 is 0 Å². The standard InChI is InChI=1S/C36H36Cl2N8O2/c1-35(2,3)17-29-36(31(25-6-4-5-7-27(25)38)32(41-29)34(48)40-24-13-15-30(47)39-18-24)20-46(28-14-12-23(37)16-26(28)36)19-21-8-10-22(11-9-21)33-42-44-45-43-33/h4-16,18,29,31-32,41H,17,19-20H2,1-3H3,(H,39,47)(H,40,48)(H,42,43,44,45)/t29-,31-,32+,36-/m0/s1. The summed E-state index contributed by atoms with van der Waals surface area (Å²) in [6.45, 7) is 7.93. The minimum absolute atomic E-state index is 0.0699. The number of aromatic nitrogens is 5. The number of H-pyrrole nitrogens is 1. The van der Waals surface area contributed by atoms with E-state index in [2.05, 4.69) is 86.2 Å². The van der Waals surface area contributed by atoms with Crippen molar-refractivity contribution in [2.75, 3.05) is 16.8 Å². The van der Waals surface area contributed by atoms with Gasteiger partial charge in [0, 0.05) is 57.8 Å². The van der Waals surface area contributed by atoms with Crippen molar-refractivity contribution in [3.05, 3.63) is 112 Å². The van der Waals surface area contributed by atoms with E-state index in [-0.39, 0.29) is 29.2 Å². The molecule has 12 heteroatoms. The van der Waals surface area contributed by atoms with E-state index in [1.165, 1.54) is 12.3 Å². The number of amides is 1. The van der Waals surface area contributed by atoms with E-state index < -0.39 is 11.5 Å². The quantitative estimate of drug-likeness (QED) is 0.149. The second-order valence-corrected chi connectivity index (χ2v) is 14.7. The van der Waals surface area contributed by atoms with Gasteiger partial charge in [0.2, 0.25) is 11.8 Å². The fraction of sp³-hybridized carbons (Fsp3) is 0.306. The number of pyridine rings is 1. The summed E-state index contributed by atoms with van der Waals surface area (Å²) in [7, 11) is 0. The van der Waals surface area contributed by atoms with Gasteiger partial charge in [0.25, 0.3) is 0 Å². The first kappa shape index (κ1) is 32.1. The number of carbonyl (C=O) groups excluding carboxylic acids is 1. The van der Waals surface area contributed by atoms with Crippen LogP contribution in [0.2, 0.25) is 10.0 Å². The molecule has 0 saturated carbocycles. The van der Waals surface area contributed by atoms with Crippen molar-refractivity contribution in [3.8, 4) is 17.3 Å². The highest BCUT2D eigenvalue weighted by molar-refractivity contribution is 6.31. The van der Waals surface area contributed by atoms with Crippen LogP contribution in [0.1, 0.15) is 49.8 Å². The van der Waals surface area contributed by atoms with Crippen LogP contribution >= 0.6 is 23.2 Å². The third kappa shape index (κ3) is 6.00. The molecule has 5 aromatic rings. The molecule has 2 aliphatic heterocycles. The second kappa shape index (κ2) is 12.5. The number of anilines is 2. The SMILES string of the molecule is CC(C)(C)C[C@@H]1N[C@@H](C(=O)Nc2ccc(O)nc2)[C@H](c2ccccc2Cl)[C@]12CN(Cc1ccc(-c3nnn[nH]3)cc1)c1ccc(Cl)cc12. The zero-order valence-electron chi connectivity index (χ0n) is 26.8. The van der Waals surface area contributed by atoms with Crippen molar-refractivity contribution in [1.29, 1.82) is 0 Å². The number of nitrogens with zero attached hydrogens (tertiary/aromatic N) is 5. The van der Waals surface area contributed by atoms with Crippen LogP contribution in [0.3, 0.4) is 0 Å². The number of hydrogen-bond acceptors (Lipinski definition) is 8. The lowest BCUT2D eigenvalue weighted by molar-refractivity contribution is -0.118. The van der Waals surface area contributed by atoms with Gasteiger partial charge in [-0.15, -0.1) is 5.10 Å². The Kier molecular flexibility index (Phi) is 8.35. The van der Waals surface area contributed by atoms with Gasteiger partial charge in [-0.2, -0.15) is 0 Å².